The minimum absolute atomic E-state index is 0.449. The second-order valence-corrected chi connectivity index (χ2v) is 8.55. The molecule has 0 unspecified atom stereocenters. The summed E-state index contributed by atoms with van der Waals surface area (Å²) in [5, 5.41) is 2.22. The second-order valence-electron chi connectivity index (χ2n) is 7.55. The Balaban J connectivity index is 1.58. The minimum atomic E-state index is 0.449. The number of hydrogen-bond donors (Lipinski definition) is 0. The van der Waals surface area contributed by atoms with Gasteiger partial charge in [-0.05, 0) is 55.3 Å². The van der Waals surface area contributed by atoms with Crippen molar-refractivity contribution in [3.63, 3.8) is 0 Å². The van der Waals surface area contributed by atoms with Gasteiger partial charge in [-0.3, -0.25) is 4.90 Å². The van der Waals surface area contributed by atoms with Gasteiger partial charge in [0, 0.05) is 51.2 Å². The van der Waals surface area contributed by atoms with Gasteiger partial charge in [0.2, 0.25) is 0 Å². The molecular weight excluding hydrogens is 320 g/mol. The largest absolute Gasteiger partial charge is 0.384 e. The number of piperidine rings is 1. The first kappa shape index (κ1) is 18.3. The highest BCUT2D eigenvalue weighted by Gasteiger charge is 2.47. The highest BCUT2D eigenvalue weighted by atomic mass is 32.1. The number of nitrogens with zero attached hydrogens (tertiary/aromatic N) is 2. The van der Waals surface area contributed by atoms with Crippen LogP contribution in [0.2, 0.25) is 0 Å². The van der Waals surface area contributed by atoms with Crippen molar-refractivity contribution in [3.05, 3.63) is 21.9 Å². The quantitative estimate of drug-likeness (QED) is 0.753. The van der Waals surface area contributed by atoms with Crippen LogP contribution in [-0.4, -0.2) is 70.0 Å². The second kappa shape index (κ2) is 8.28. The van der Waals surface area contributed by atoms with Gasteiger partial charge < -0.3 is 14.4 Å². The smallest absolute Gasteiger partial charge is 0.0589 e. The van der Waals surface area contributed by atoms with E-state index in [4.69, 9.17) is 9.47 Å². The molecule has 0 aromatic carbocycles. The van der Waals surface area contributed by atoms with Gasteiger partial charge in [-0.25, -0.2) is 0 Å². The summed E-state index contributed by atoms with van der Waals surface area (Å²) in [6.45, 7) is 11.0. The SMILES string of the molecule is COCCN1C[C@@H](COC)C2(CCN(Cc3sccc3C)CC2)C1. The summed E-state index contributed by atoms with van der Waals surface area (Å²) in [5.74, 6) is 0.671. The summed E-state index contributed by atoms with van der Waals surface area (Å²) >= 11 is 1.90. The Morgan fingerprint density at radius 3 is 2.62 bits per heavy atom. The molecule has 24 heavy (non-hydrogen) atoms. The molecule has 2 fully saturated rings. The third kappa shape index (κ3) is 4.02. The van der Waals surface area contributed by atoms with E-state index >= 15 is 0 Å². The van der Waals surface area contributed by atoms with Crippen LogP contribution in [0.15, 0.2) is 11.4 Å². The third-order valence-corrected chi connectivity index (χ3v) is 7.06. The van der Waals surface area contributed by atoms with Crippen LogP contribution in [0.4, 0.5) is 0 Å². The van der Waals surface area contributed by atoms with Crippen molar-refractivity contribution < 1.29 is 9.47 Å². The minimum Gasteiger partial charge on any atom is -0.384 e. The molecule has 3 rings (SSSR count). The summed E-state index contributed by atoms with van der Waals surface area (Å²) in [6, 6.07) is 2.24. The van der Waals surface area contributed by atoms with Crippen molar-refractivity contribution in [2.45, 2.75) is 26.3 Å². The molecule has 0 radical (unpaired) electrons. The molecule has 2 aliphatic rings. The van der Waals surface area contributed by atoms with Gasteiger partial charge in [-0.1, -0.05) is 0 Å². The Labute approximate surface area is 150 Å². The Morgan fingerprint density at radius 1 is 1.21 bits per heavy atom. The molecule has 0 amide bonds. The van der Waals surface area contributed by atoms with E-state index in [1.54, 1.807) is 7.11 Å². The van der Waals surface area contributed by atoms with E-state index in [1.165, 1.54) is 49.5 Å². The predicted octanol–water partition coefficient (Wildman–Crippen LogP) is 2.86. The van der Waals surface area contributed by atoms with Crippen molar-refractivity contribution in [2.24, 2.45) is 11.3 Å². The van der Waals surface area contributed by atoms with Crippen molar-refractivity contribution in [1.82, 2.24) is 9.80 Å². The van der Waals surface area contributed by atoms with E-state index in [1.807, 2.05) is 18.4 Å². The summed E-state index contributed by atoms with van der Waals surface area (Å²) < 4.78 is 10.8. The molecule has 0 N–H and O–H groups in total. The molecule has 0 bridgehead atoms. The monoisotopic (exact) mass is 352 g/mol. The number of likely N-dealkylation sites (tertiary alicyclic amines) is 2. The maximum atomic E-state index is 5.56. The van der Waals surface area contributed by atoms with Gasteiger partial charge in [0.05, 0.1) is 13.2 Å². The Bertz CT molecular complexity index is 511. The Kier molecular flexibility index (Phi) is 6.33. The zero-order valence-electron chi connectivity index (χ0n) is 15.4. The van der Waals surface area contributed by atoms with Crippen LogP contribution in [0.3, 0.4) is 0 Å². The number of ether oxygens (including phenoxy) is 2. The lowest BCUT2D eigenvalue weighted by Crippen LogP contribution is -2.45. The molecular formula is C19H32N2O2S. The number of rotatable bonds is 7. The number of hydrogen-bond acceptors (Lipinski definition) is 5. The van der Waals surface area contributed by atoms with Gasteiger partial charge in [-0.15, -0.1) is 11.3 Å². The molecule has 2 aliphatic heterocycles. The van der Waals surface area contributed by atoms with Gasteiger partial charge in [0.25, 0.3) is 0 Å². The van der Waals surface area contributed by atoms with Crippen LogP contribution in [0.25, 0.3) is 0 Å². The summed E-state index contributed by atoms with van der Waals surface area (Å²) in [5.41, 5.74) is 1.90. The first-order chi connectivity index (χ1) is 11.7. The van der Waals surface area contributed by atoms with Crippen LogP contribution in [0, 0.1) is 18.3 Å². The number of thiophene rings is 1. The molecule has 136 valence electrons. The van der Waals surface area contributed by atoms with Crippen molar-refractivity contribution >= 4 is 11.3 Å². The lowest BCUT2D eigenvalue weighted by Gasteiger charge is -2.42. The average Bonchev–Trinajstić information content (AvgIpc) is 3.13. The van der Waals surface area contributed by atoms with E-state index in [0.717, 1.165) is 26.3 Å². The van der Waals surface area contributed by atoms with E-state index in [0.29, 0.717) is 11.3 Å². The van der Waals surface area contributed by atoms with Crippen LogP contribution in [0.1, 0.15) is 23.3 Å². The maximum absolute atomic E-state index is 5.56. The summed E-state index contributed by atoms with van der Waals surface area (Å²) in [6.07, 6.45) is 2.60. The molecule has 2 saturated heterocycles. The molecule has 3 heterocycles. The van der Waals surface area contributed by atoms with Crippen LogP contribution in [-0.2, 0) is 16.0 Å². The predicted molar refractivity (Wildman–Crippen MR) is 99.7 cm³/mol. The molecule has 0 aliphatic carbocycles. The standard InChI is InChI=1S/C19H32N2O2S/c1-16-4-11-24-18(16)13-20-7-5-19(6-8-20)15-21(9-10-22-2)12-17(19)14-23-3/h4,11,17H,5-10,12-15H2,1-3H3/t17-/m0/s1. The molecule has 1 spiro atoms. The number of aryl methyl sites for hydroxylation is 1. The molecule has 1 aromatic rings. The normalized spacial score (nSPS) is 24.9. The third-order valence-electron chi connectivity index (χ3n) is 6.05. The molecule has 0 saturated carbocycles. The van der Waals surface area contributed by atoms with Crippen LogP contribution >= 0.6 is 11.3 Å². The van der Waals surface area contributed by atoms with Gasteiger partial charge in [-0.2, -0.15) is 0 Å². The van der Waals surface area contributed by atoms with Crippen LogP contribution < -0.4 is 0 Å². The molecule has 4 nitrogen and oxygen atoms in total. The fourth-order valence-corrected chi connectivity index (χ4v) is 5.41. The molecule has 1 aromatic heterocycles. The van der Waals surface area contributed by atoms with E-state index in [9.17, 15) is 0 Å². The average molecular weight is 353 g/mol. The van der Waals surface area contributed by atoms with Crippen LogP contribution in [0.5, 0.6) is 0 Å². The topological polar surface area (TPSA) is 24.9 Å². The van der Waals surface area contributed by atoms with Crippen molar-refractivity contribution in [2.75, 3.05) is 60.2 Å². The summed E-state index contributed by atoms with van der Waals surface area (Å²) in [4.78, 5) is 6.77. The highest BCUT2D eigenvalue weighted by Crippen LogP contribution is 2.45. The van der Waals surface area contributed by atoms with Gasteiger partial charge >= 0.3 is 0 Å². The Hall–Kier alpha value is -0.460. The maximum Gasteiger partial charge on any atom is 0.0589 e. The van der Waals surface area contributed by atoms with Gasteiger partial charge in [0.1, 0.15) is 0 Å². The van der Waals surface area contributed by atoms with Crippen molar-refractivity contribution in [1.29, 1.82) is 0 Å². The van der Waals surface area contributed by atoms with Crippen molar-refractivity contribution in [3.8, 4) is 0 Å². The lowest BCUT2D eigenvalue weighted by atomic mass is 9.71. The lowest BCUT2D eigenvalue weighted by molar-refractivity contribution is 0.0351. The van der Waals surface area contributed by atoms with Gasteiger partial charge in [0.15, 0.2) is 0 Å². The fraction of sp³-hybridized carbons (Fsp3) is 0.789. The zero-order valence-corrected chi connectivity index (χ0v) is 16.2. The summed E-state index contributed by atoms with van der Waals surface area (Å²) in [7, 11) is 3.64. The van der Waals surface area contributed by atoms with E-state index < -0.39 is 0 Å². The first-order valence-corrected chi connectivity index (χ1v) is 10.0. The molecule has 1 atom stereocenters. The zero-order chi connectivity index (χ0) is 17.0. The fourth-order valence-electron chi connectivity index (χ4n) is 4.46. The van der Waals surface area contributed by atoms with E-state index in [-0.39, 0.29) is 0 Å². The molecule has 5 heteroatoms. The van der Waals surface area contributed by atoms with E-state index in [2.05, 4.69) is 28.2 Å². The highest BCUT2D eigenvalue weighted by molar-refractivity contribution is 7.10. The first-order valence-electron chi connectivity index (χ1n) is 9.12. The number of methoxy groups -OCH3 is 2. The Morgan fingerprint density at radius 2 is 2.00 bits per heavy atom.